The van der Waals surface area contributed by atoms with Gasteiger partial charge in [-0.2, -0.15) is 0 Å². The smallest absolute Gasteiger partial charge is 0.488 e. The Morgan fingerprint density at radius 3 is 2.00 bits per heavy atom. The van der Waals surface area contributed by atoms with Gasteiger partial charge in [-0.05, 0) is 46.2 Å². The van der Waals surface area contributed by atoms with Gasteiger partial charge in [0, 0.05) is 12.0 Å². The van der Waals surface area contributed by atoms with Crippen molar-refractivity contribution in [3.8, 4) is 5.75 Å². The SMILES string of the molecule is O=C(O)C(Cc1ccccc1)N(C(=O)c1ccc2cc(OCc3ccccc3)ccc2c1)C(F)(F)F. The number of hydrogen-bond acceptors (Lipinski definition) is 3. The van der Waals surface area contributed by atoms with Crippen molar-refractivity contribution in [3.05, 3.63) is 114 Å². The van der Waals surface area contributed by atoms with Crippen LogP contribution in [-0.2, 0) is 17.8 Å². The molecule has 1 atom stereocenters. The average Bonchev–Trinajstić information content (AvgIpc) is 2.87. The largest absolute Gasteiger partial charge is 0.489 e. The summed E-state index contributed by atoms with van der Waals surface area (Å²) in [7, 11) is 0. The average molecular weight is 493 g/mol. The molecule has 1 N–H and O–H groups in total. The highest BCUT2D eigenvalue weighted by Crippen LogP contribution is 2.30. The van der Waals surface area contributed by atoms with Gasteiger partial charge in [-0.3, -0.25) is 4.79 Å². The Morgan fingerprint density at radius 2 is 1.39 bits per heavy atom. The van der Waals surface area contributed by atoms with Crippen molar-refractivity contribution in [2.45, 2.75) is 25.4 Å². The lowest BCUT2D eigenvalue weighted by Crippen LogP contribution is -2.53. The van der Waals surface area contributed by atoms with Crippen LogP contribution in [-0.4, -0.2) is 34.2 Å². The quantitative estimate of drug-likeness (QED) is 0.302. The van der Waals surface area contributed by atoms with Crippen LogP contribution in [0.5, 0.6) is 5.75 Å². The summed E-state index contributed by atoms with van der Waals surface area (Å²) in [4.78, 5) is 24.3. The van der Waals surface area contributed by atoms with E-state index in [1.165, 1.54) is 30.3 Å². The van der Waals surface area contributed by atoms with Gasteiger partial charge in [0.15, 0.2) is 0 Å². The van der Waals surface area contributed by atoms with Crippen molar-refractivity contribution in [2.75, 3.05) is 0 Å². The first-order valence-corrected chi connectivity index (χ1v) is 11.1. The van der Waals surface area contributed by atoms with E-state index in [4.69, 9.17) is 4.74 Å². The third kappa shape index (κ3) is 5.83. The van der Waals surface area contributed by atoms with E-state index >= 15 is 0 Å². The zero-order valence-electron chi connectivity index (χ0n) is 19.0. The lowest BCUT2D eigenvalue weighted by atomic mass is 10.0. The van der Waals surface area contributed by atoms with Crippen LogP contribution < -0.4 is 4.74 Å². The Kier molecular flexibility index (Phi) is 7.24. The van der Waals surface area contributed by atoms with Gasteiger partial charge in [0.25, 0.3) is 5.91 Å². The molecule has 0 fully saturated rings. The fourth-order valence-electron chi connectivity index (χ4n) is 3.89. The Bertz CT molecular complexity index is 1360. The van der Waals surface area contributed by atoms with E-state index in [1.807, 2.05) is 30.3 Å². The van der Waals surface area contributed by atoms with Crippen LogP contribution in [0.3, 0.4) is 0 Å². The number of nitrogens with zero attached hydrogens (tertiary/aromatic N) is 1. The van der Waals surface area contributed by atoms with Gasteiger partial charge in [0.05, 0.1) is 0 Å². The first kappa shape index (κ1) is 24.8. The minimum Gasteiger partial charge on any atom is -0.489 e. The minimum atomic E-state index is -5.20. The van der Waals surface area contributed by atoms with Gasteiger partial charge in [-0.25, -0.2) is 9.69 Å². The van der Waals surface area contributed by atoms with Crippen molar-refractivity contribution in [2.24, 2.45) is 0 Å². The van der Waals surface area contributed by atoms with E-state index in [0.717, 1.165) is 5.56 Å². The summed E-state index contributed by atoms with van der Waals surface area (Å²) >= 11 is 0. The highest BCUT2D eigenvalue weighted by Gasteiger charge is 2.48. The summed E-state index contributed by atoms with van der Waals surface area (Å²) < 4.78 is 47.7. The zero-order chi connectivity index (χ0) is 25.7. The molecule has 0 heterocycles. The number of benzene rings is 4. The van der Waals surface area contributed by atoms with Crippen LogP contribution in [0.15, 0.2) is 97.1 Å². The van der Waals surface area contributed by atoms with Gasteiger partial charge >= 0.3 is 12.3 Å². The summed E-state index contributed by atoms with van der Waals surface area (Å²) in [6, 6.07) is 24.4. The number of aliphatic carboxylic acids is 1. The summed E-state index contributed by atoms with van der Waals surface area (Å²) in [5.41, 5.74) is 1.08. The molecule has 5 nitrogen and oxygen atoms in total. The number of alkyl halides is 3. The fraction of sp³-hybridized carbons (Fsp3) is 0.143. The Hall–Kier alpha value is -4.33. The van der Waals surface area contributed by atoms with Gasteiger partial charge in [0.1, 0.15) is 18.4 Å². The Balaban J connectivity index is 1.59. The predicted octanol–water partition coefficient (Wildman–Crippen LogP) is 6.08. The number of carbonyl (C=O) groups excluding carboxylic acids is 1. The molecule has 0 bridgehead atoms. The lowest BCUT2D eigenvalue weighted by molar-refractivity contribution is -0.238. The van der Waals surface area contributed by atoms with Crippen molar-refractivity contribution in [1.82, 2.24) is 4.90 Å². The van der Waals surface area contributed by atoms with Gasteiger partial charge < -0.3 is 9.84 Å². The lowest BCUT2D eigenvalue weighted by Gasteiger charge is -2.30. The van der Waals surface area contributed by atoms with E-state index in [2.05, 4.69) is 0 Å². The number of fused-ring (bicyclic) bond motifs is 1. The minimum absolute atomic E-state index is 0.267. The van der Waals surface area contributed by atoms with Crippen molar-refractivity contribution in [1.29, 1.82) is 0 Å². The molecule has 8 heteroatoms. The first-order valence-electron chi connectivity index (χ1n) is 11.1. The molecule has 0 saturated carbocycles. The molecule has 0 spiro atoms. The summed E-state index contributed by atoms with van der Waals surface area (Å²) in [6.07, 6.45) is -5.68. The number of carboxylic acids is 1. The molecule has 0 aromatic heterocycles. The maximum absolute atomic E-state index is 14.0. The van der Waals surface area contributed by atoms with Crippen molar-refractivity contribution < 1.29 is 32.6 Å². The standard InChI is InChI=1S/C28H22F3NO4/c29-28(30,31)32(25(27(34)35)15-19-7-3-1-4-8-19)26(33)23-12-11-22-17-24(14-13-21(22)16-23)36-18-20-9-5-2-6-10-20/h1-14,16-17,25H,15,18H2,(H,34,35). The molecule has 4 aromatic carbocycles. The molecule has 0 aliphatic carbocycles. The molecule has 1 unspecified atom stereocenters. The third-order valence-electron chi connectivity index (χ3n) is 5.67. The van der Waals surface area contributed by atoms with Crippen LogP contribution in [0, 0.1) is 0 Å². The number of carboxylic acid groups (broad SMARTS) is 1. The highest BCUT2D eigenvalue weighted by atomic mass is 19.4. The molecule has 0 aliphatic rings. The van der Waals surface area contributed by atoms with Gasteiger partial charge in [0.2, 0.25) is 0 Å². The second-order valence-electron chi connectivity index (χ2n) is 8.18. The molecule has 1 amide bonds. The third-order valence-corrected chi connectivity index (χ3v) is 5.67. The topological polar surface area (TPSA) is 66.8 Å². The van der Waals surface area contributed by atoms with Gasteiger partial charge in [-0.1, -0.05) is 72.8 Å². The maximum Gasteiger partial charge on any atom is 0.488 e. The van der Waals surface area contributed by atoms with E-state index in [1.54, 1.807) is 36.4 Å². The number of amides is 1. The normalized spacial score (nSPS) is 12.2. The second-order valence-corrected chi connectivity index (χ2v) is 8.18. The molecule has 0 aliphatic heterocycles. The maximum atomic E-state index is 14.0. The molecule has 0 radical (unpaired) electrons. The van der Waals surface area contributed by atoms with Crippen molar-refractivity contribution >= 4 is 22.6 Å². The van der Waals surface area contributed by atoms with Gasteiger partial charge in [-0.15, -0.1) is 13.2 Å². The Morgan fingerprint density at radius 1 is 0.806 bits per heavy atom. The molecule has 4 rings (SSSR count). The van der Waals surface area contributed by atoms with Crippen LogP contribution in [0.2, 0.25) is 0 Å². The van der Waals surface area contributed by atoms with Crippen LogP contribution in [0.4, 0.5) is 13.2 Å². The molecular weight excluding hydrogens is 471 g/mol. The summed E-state index contributed by atoms with van der Waals surface area (Å²) in [6.45, 7) is 0.349. The fourth-order valence-corrected chi connectivity index (χ4v) is 3.89. The molecule has 4 aromatic rings. The predicted molar refractivity (Wildman–Crippen MR) is 129 cm³/mol. The van der Waals surface area contributed by atoms with Crippen LogP contribution in [0.1, 0.15) is 21.5 Å². The Labute approximate surface area is 205 Å². The number of ether oxygens (including phenoxy) is 1. The molecule has 36 heavy (non-hydrogen) atoms. The first-order chi connectivity index (χ1) is 17.2. The van der Waals surface area contributed by atoms with E-state index in [-0.39, 0.29) is 5.56 Å². The molecular formula is C28H22F3NO4. The van der Waals surface area contributed by atoms with Crippen LogP contribution >= 0.6 is 0 Å². The zero-order valence-corrected chi connectivity index (χ0v) is 19.0. The number of rotatable bonds is 8. The number of hydrogen-bond donors (Lipinski definition) is 1. The summed E-state index contributed by atoms with van der Waals surface area (Å²) in [5.74, 6) is -2.61. The number of halogens is 3. The second kappa shape index (κ2) is 10.5. The summed E-state index contributed by atoms with van der Waals surface area (Å²) in [5, 5.41) is 10.8. The van der Waals surface area contributed by atoms with Crippen molar-refractivity contribution in [3.63, 3.8) is 0 Å². The monoisotopic (exact) mass is 493 g/mol. The molecule has 0 saturated heterocycles. The van der Waals surface area contributed by atoms with E-state index in [9.17, 15) is 27.9 Å². The highest BCUT2D eigenvalue weighted by molar-refractivity contribution is 6.00. The number of carbonyl (C=O) groups is 2. The molecule has 184 valence electrons. The van der Waals surface area contributed by atoms with E-state index < -0.39 is 35.5 Å². The van der Waals surface area contributed by atoms with E-state index in [0.29, 0.717) is 28.7 Å². The van der Waals surface area contributed by atoms with Crippen LogP contribution in [0.25, 0.3) is 10.8 Å².